The molecule has 2 aromatic rings. The Hall–Kier alpha value is -2.79. The second-order valence-electron chi connectivity index (χ2n) is 5.77. The highest BCUT2D eigenvalue weighted by Crippen LogP contribution is 2.24. The van der Waals surface area contributed by atoms with Crippen molar-refractivity contribution < 1.29 is 36.2 Å². The number of benzene rings is 2. The Morgan fingerprint density at radius 2 is 1.64 bits per heavy atom. The monoisotopic (exact) mass is 418 g/mol. The zero-order chi connectivity index (χ0) is 20.9. The van der Waals surface area contributed by atoms with Gasteiger partial charge in [0.2, 0.25) is 10.0 Å². The van der Waals surface area contributed by atoms with Crippen molar-refractivity contribution in [3.05, 3.63) is 60.2 Å². The molecule has 0 aliphatic carbocycles. The molecular formula is C17H17F3N2O5S. The van der Waals surface area contributed by atoms with Crippen molar-refractivity contribution in [1.29, 1.82) is 0 Å². The minimum atomic E-state index is -4.89. The van der Waals surface area contributed by atoms with E-state index in [1.807, 2.05) is 0 Å². The Balaban J connectivity index is 2.20. The van der Waals surface area contributed by atoms with Crippen LogP contribution in [0.25, 0.3) is 0 Å². The Labute approximate surface area is 159 Å². The van der Waals surface area contributed by atoms with Gasteiger partial charge in [-0.3, -0.25) is 0 Å². The minimum absolute atomic E-state index is 0.295. The fourth-order valence-electron chi connectivity index (χ4n) is 2.49. The van der Waals surface area contributed by atoms with E-state index in [0.717, 1.165) is 24.3 Å². The number of sulfonamides is 1. The number of hydrogen-bond donors (Lipinski definition) is 3. The minimum Gasteiger partial charge on any atom is -0.465 e. The summed E-state index contributed by atoms with van der Waals surface area (Å²) in [6.45, 7) is 1.46. The van der Waals surface area contributed by atoms with Gasteiger partial charge in [0.25, 0.3) is 0 Å². The summed E-state index contributed by atoms with van der Waals surface area (Å²) in [5.41, 5.74) is 0.536. The van der Waals surface area contributed by atoms with Gasteiger partial charge >= 0.3 is 12.5 Å². The molecule has 0 spiro atoms. The number of carbonyl (C=O) groups is 1. The highest BCUT2D eigenvalue weighted by molar-refractivity contribution is 7.89. The van der Waals surface area contributed by atoms with E-state index in [-0.39, 0.29) is 4.90 Å². The molecule has 11 heteroatoms. The second kappa shape index (κ2) is 8.48. The van der Waals surface area contributed by atoms with Crippen molar-refractivity contribution in [3.8, 4) is 5.75 Å². The largest absolute Gasteiger partial charge is 0.573 e. The molecule has 0 aliphatic heterocycles. The van der Waals surface area contributed by atoms with E-state index in [0.29, 0.717) is 5.56 Å². The van der Waals surface area contributed by atoms with Crippen LogP contribution in [-0.4, -0.2) is 32.0 Å². The van der Waals surface area contributed by atoms with Gasteiger partial charge in [-0.05, 0) is 36.8 Å². The van der Waals surface area contributed by atoms with E-state index in [1.165, 1.54) is 6.92 Å². The second-order valence-corrected chi connectivity index (χ2v) is 7.48. The number of nitrogens with one attached hydrogen (secondary N) is 2. The lowest BCUT2D eigenvalue weighted by Gasteiger charge is -2.25. The van der Waals surface area contributed by atoms with Crippen LogP contribution < -0.4 is 14.8 Å². The number of amides is 1. The summed E-state index contributed by atoms with van der Waals surface area (Å²) in [7, 11) is -4.13. The molecule has 28 heavy (non-hydrogen) atoms. The van der Waals surface area contributed by atoms with Gasteiger partial charge in [-0.25, -0.2) is 17.9 Å². The lowest BCUT2D eigenvalue weighted by Crippen LogP contribution is -2.44. The van der Waals surface area contributed by atoms with Crippen LogP contribution in [0.4, 0.5) is 18.0 Å². The topological polar surface area (TPSA) is 105 Å². The maximum absolute atomic E-state index is 12.5. The number of ether oxygens (including phenoxy) is 1. The standard InChI is InChI=1S/C17H17F3N2O5S/c1-11(15(21-16(23)24)12-5-3-2-4-6-12)22-28(25,26)14-9-7-13(8-10-14)27-17(18,19)20/h2-11,15,21-22H,1H3,(H,23,24)/t11-,15+/m0/s1. The van der Waals surface area contributed by atoms with Crippen LogP contribution in [0, 0.1) is 0 Å². The van der Waals surface area contributed by atoms with Gasteiger partial charge in [0.1, 0.15) is 5.75 Å². The molecule has 2 aromatic carbocycles. The quantitative estimate of drug-likeness (QED) is 0.640. The molecule has 0 saturated heterocycles. The third-order valence-electron chi connectivity index (χ3n) is 3.65. The number of alkyl halides is 3. The van der Waals surface area contributed by atoms with Gasteiger partial charge in [0.05, 0.1) is 10.9 Å². The van der Waals surface area contributed by atoms with Crippen molar-refractivity contribution in [1.82, 2.24) is 10.0 Å². The number of rotatable bonds is 7. The van der Waals surface area contributed by atoms with Crippen LogP contribution in [0.5, 0.6) is 5.75 Å². The first-order valence-corrected chi connectivity index (χ1v) is 9.39. The van der Waals surface area contributed by atoms with Gasteiger partial charge in [-0.15, -0.1) is 13.2 Å². The molecule has 0 heterocycles. The van der Waals surface area contributed by atoms with Crippen LogP contribution in [0.3, 0.4) is 0 Å². The molecule has 0 radical (unpaired) electrons. The Morgan fingerprint density at radius 1 is 1.07 bits per heavy atom. The SMILES string of the molecule is C[C@H](NS(=O)(=O)c1ccc(OC(F)(F)F)cc1)[C@@H](NC(=O)O)c1ccccc1. The first-order valence-electron chi connectivity index (χ1n) is 7.90. The third kappa shape index (κ3) is 6.13. The molecular weight excluding hydrogens is 401 g/mol. The van der Waals surface area contributed by atoms with Crippen molar-refractivity contribution in [2.24, 2.45) is 0 Å². The van der Waals surface area contributed by atoms with Crippen LogP contribution >= 0.6 is 0 Å². The van der Waals surface area contributed by atoms with E-state index < -0.39 is 40.3 Å². The summed E-state index contributed by atoms with van der Waals surface area (Å²) in [6.07, 6.45) is -6.23. The smallest absolute Gasteiger partial charge is 0.465 e. The molecule has 0 saturated carbocycles. The van der Waals surface area contributed by atoms with Gasteiger partial charge in [-0.2, -0.15) is 0 Å². The highest BCUT2D eigenvalue weighted by Gasteiger charge is 2.31. The Kier molecular flexibility index (Phi) is 6.52. The van der Waals surface area contributed by atoms with E-state index in [9.17, 15) is 26.4 Å². The first-order chi connectivity index (χ1) is 13.0. The molecule has 2 atom stereocenters. The summed E-state index contributed by atoms with van der Waals surface area (Å²) in [4.78, 5) is 10.8. The van der Waals surface area contributed by atoms with Crippen molar-refractivity contribution in [2.45, 2.75) is 30.3 Å². The van der Waals surface area contributed by atoms with Crippen molar-refractivity contribution >= 4 is 16.1 Å². The molecule has 2 rings (SSSR count). The van der Waals surface area contributed by atoms with E-state index >= 15 is 0 Å². The van der Waals surface area contributed by atoms with Crippen LogP contribution in [0.2, 0.25) is 0 Å². The summed E-state index contributed by atoms with van der Waals surface area (Å²) in [5, 5.41) is 11.3. The molecule has 0 bridgehead atoms. The fraction of sp³-hybridized carbons (Fsp3) is 0.235. The maximum atomic E-state index is 12.5. The van der Waals surface area contributed by atoms with Gasteiger partial charge in [0.15, 0.2) is 0 Å². The normalized spacial score (nSPS) is 14.1. The predicted molar refractivity (Wildman–Crippen MR) is 93.3 cm³/mol. The van der Waals surface area contributed by atoms with E-state index in [4.69, 9.17) is 5.11 Å². The Bertz CT molecular complexity index is 903. The molecule has 3 N–H and O–H groups in total. The third-order valence-corrected chi connectivity index (χ3v) is 5.22. The molecule has 7 nitrogen and oxygen atoms in total. The molecule has 0 fully saturated rings. The lowest BCUT2D eigenvalue weighted by molar-refractivity contribution is -0.274. The van der Waals surface area contributed by atoms with E-state index in [2.05, 4.69) is 14.8 Å². The van der Waals surface area contributed by atoms with Crippen LogP contribution in [0.15, 0.2) is 59.5 Å². The zero-order valence-corrected chi connectivity index (χ0v) is 15.3. The number of hydrogen-bond acceptors (Lipinski definition) is 4. The first kappa shape index (κ1) is 21.5. The van der Waals surface area contributed by atoms with Crippen molar-refractivity contribution in [3.63, 3.8) is 0 Å². The average molecular weight is 418 g/mol. The molecule has 152 valence electrons. The van der Waals surface area contributed by atoms with Gasteiger partial charge in [0, 0.05) is 6.04 Å². The molecule has 0 aliphatic rings. The summed E-state index contributed by atoms with van der Waals surface area (Å²) in [5.74, 6) is -0.561. The predicted octanol–water partition coefficient (Wildman–Crippen LogP) is 3.26. The lowest BCUT2D eigenvalue weighted by atomic mass is 10.0. The summed E-state index contributed by atoms with van der Waals surface area (Å²) in [6, 6.07) is 10.2. The number of carboxylic acid groups (broad SMARTS) is 1. The van der Waals surface area contributed by atoms with Gasteiger partial charge < -0.3 is 15.2 Å². The highest BCUT2D eigenvalue weighted by atomic mass is 32.2. The summed E-state index contributed by atoms with van der Waals surface area (Å²) < 4.78 is 67.6. The van der Waals surface area contributed by atoms with Crippen molar-refractivity contribution in [2.75, 3.05) is 0 Å². The van der Waals surface area contributed by atoms with Crippen LogP contribution in [-0.2, 0) is 10.0 Å². The van der Waals surface area contributed by atoms with E-state index in [1.54, 1.807) is 30.3 Å². The molecule has 0 unspecified atom stereocenters. The maximum Gasteiger partial charge on any atom is 0.573 e. The molecule has 0 aromatic heterocycles. The number of halogens is 3. The average Bonchev–Trinajstić information content (AvgIpc) is 2.59. The Morgan fingerprint density at radius 3 is 2.14 bits per heavy atom. The van der Waals surface area contributed by atoms with Crippen LogP contribution in [0.1, 0.15) is 18.5 Å². The molecule has 1 amide bonds. The summed E-state index contributed by atoms with van der Waals surface area (Å²) >= 11 is 0. The zero-order valence-electron chi connectivity index (χ0n) is 14.5. The van der Waals surface area contributed by atoms with Gasteiger partial charge in [-0.1, -0.05) is 30.3 Å². The fourth-order valence-corrected chi connectivity index (χ4v) is 3.75.